The number of benzene rings is 9. The standard InChI is InChI=1S/C54H34N2S2/c1-3-15-37(16-4-1)55(38-17-5-2-6-18-38)39-29-30-44-43-19-7-10-26-49(43)56(50(44)34-39)40-32-35(41-22-13-24-47-45-20-8-11-27-51(45)57-53(41)47)31-36(33-40)42-23-14-25-48-46-21-9-12-28-52(46)58-54(42)48/h1-34H. The largest absolute Gasteiger partial charge is 0.310 e. The summed E-state index contributed by atoms with van der Waals surface area (Å²) >= 11 is 3.78. The van der Waals surface area contributed by atoms with Gasteiger partial charge in [0.05, 0.1) is 11.0 Å². The highest BCUT2D eigenvalue weighted by atomic mass is 32.1. The number of hydrogen-bond donors (Lipinski definition) is 0. The van der Waals surface area contributed by atoms with Gasteiger partial charge in [0.1, 0.15) is 0 Å². The average Bonchev–Trinajstić information content (AvgIpc) is 3.97. The van der Waals surface area contributed by atoms with E-state index in [1.165, 1.54) is 84.4 Å². The first-order valence-corrected chi connectivity index (χ1v) is 21.3. The fourth-order valence-corrected chi connectivity index (χ4v) is 11.5. The van der Waals surface area contributed by atoms with Crippen molar-refractivity contribution in [3.05, 3.63) is 206 Å². The first-order valence-electron chi connectivity index (χ1n) is 19.7. The van der Waals surface area contributed by atoms with Gasteiger partial charge in [0.15, 0.2) is 0 Å². The maximum absolute atomic E-state index is 2.49. The molecule has 0 bridgehead atoms. The molecule has 12 aromatic rings. The molecule has 0 spiro atoms. The first kappa shape index (κ1) is 33.2. The summed E-state index contributed by atoms with van der Waals surface area (Å²) in [5, 5.41) is 7.70. The van der Waals surface area contributed by atoms with E-state index >= 15 is 0 Å². The molecular weight excluding hydrogens is 741 g/mol. The number of hydrogen-bond acceptors (Lipinski definition) is 3. The van der Waals surface area contributed by atoms with Crippen molar-refractivity contribution in [2.75, 3.05) is 4.90 Å². The molecule has 0 aliphatic carbocycles. The van der Waals surface area contributed by atoms with Crippen molar-refractivity contribution in [2.45, 2.75) is 0 Å². The highest BCUT2D eigenvalue weighted by Gasteiger charge is 2.20. The van der Waals surface area contributed by atoms with Gasteiger partial charge >= 0.3 is 0 Å². The molecule has 0 aliphatic heterocycles. The van der Waals surface area contributed by atoms with E-state index in [0.29, 0.717) is 0 Å². The van der Waals surface area contributed by atoms with Gasteiger partial charge in [0.2, 0.25) is 0 Å². The molecule has 3 aromatic heterocycles. The molecule has 0 N–H and O–H groups in total. The van der Waals surface area contributed by atoms with Crippen LogP contribution in [0.2, 0.25) is 0 Å². The van der Waals surface area contributed by atoms with Crippen LogP contribution in [0.4, 0.5) is 17.1 Å². The predicted octanol–water partition coefficient (Wildman–Crippen LogP) is 16.3. The molecular formula is C54H34N2S2. The van der Waals surface area contributed by atoms with E-state index in [1.807, 2.05) is 22.7 Å². The molecule has 12 rings (SSSR count). The molecule has 0 unspecified atom stereocenters. The Bertz CT molecular complexity index is 3350. The molecule has 9 aromatic carbocycles. The van der Waals surface area contributed by atoms with E-state index in [2.05, 4.69) is 216 Å². The number of thiophene rings is 2. The lowest BCUT2D eigenvalue weighted by Gasteiger charge is -2.25. The SMILES string of the molecule is c1ccc(N(c2ccccc2)c2ccc3c4ccccc4n(-c4cc(-c5cccc6c5sc5ccccc56)cc(-c5cccc6c5sc5ccccc56)c4)c3c2)cc1. The molecule has 3 heterocycles. The van der Waals surface area contributed by atoms with Crippen LogP contribution in [0.3, 0.4) is 0 Å². The Morgan fingerprint density at radius 3 is 1.40 bits per heavy atom. The zero-order valence-corrected chi connectivity index (χ0v) is 33.0. The highest BCUT2D eigenvalue weighted by molar-refractivity contribution is 7.26. The third kappa shape index (κ3) is 5.23. The molecule has 0 radical (unpaired) electrons. The zero-order valence-electron chi connectivity index (χ0n) is 31.3. The van der Waals surface area contributed by atoms with Crippen LogP contribution >= 0.6 is 22.7 Å². The van der Waals surface area contributed by atoms with Gasteiger partial charge in [-0.05, 0) is 95.1 Å². The minimum absolute atomic E-state index is 1.11. The lowest BCUT2D eigenvalue weighted by Crippen LogP contribution is -2.09. The van der Waals surface area contributed by atoms with Crippen LogP contribution in [0.1, 0.15) is 0 Å². The Labute approximate surface area is 343 Å². The van der Waals surface area contributed by atoms with Crippen molar-refractivity contribution in [3.8, 4) is 27.9 Å². The average molecular weight is 775 g/mol. The van der Waals surface area contributed by atoms with Crippen LogP contribution in [0, 0.1) is 0 Å². The van der Waals surface area contributed by atoms with Crippen LogP contribution in [0.25, 0.3) is 90.1 Å². The maximum Gasteiger partial charge on any atom is 0.0561 e. The summed E-state index contributed by atoms with van der Waals surface area (Å²) in [5.41, 5.74) is 11.8. The molecule has 4 heteroatoms. The first-order chi connectivity index (χ1) is 28.8. The molecule has 58 heavy (non-hydrogen) atoms. The summed E-state index contributed by atoms with van der Waals surface area (Å²) < 4.78 is 7.75. The van der Waals surface area contributed by atoms with Crippen LogP contribution in [0.15, 0.2) is 206 Å². The molecule has 0 atom stereocenters. The van der Waals surface area contributed by atoms with Crippen molar-refractivity contribution in [2.24, 2.45) is 0 Å². The van der Waals surface area contributed by atoms with E-state index in [-0.39, 0.29) is 0 Å². The summed E-state index contributed by atoms with van der Waals surface area (Å²) in [5.74, 6) is 0. The third-order valence-electron chi connectivity index (χ3n) is 11.6. The van der Waals surface area contributed by atoms with Gasteiger partial charge in [-0.3, -0.25) is 0 Å². The topological polar surface area (TPSA) is 8.17 Å². The normalized spacial score (nSPS) is 11.8. The molecule has 272 valence electrons. The van der Waals surface area contributed by atoms with Crippen molar-refractivity contribution in [1.29, 1.82) is 0 Å². The highest BCUT2D eigenvalue weighted by Crippen LogP contribution is 2.46. The van der Waals surface area contributed by atoms with Gasteiger partial charge in [-0.1, -0.05) is 133 Å². The summed E-state index contributed by atoms with van der Waals surface area (Å²) in [6.07, 6.45) is 0. The second-order valence-corrected chi connectivity index (χ2v) is 17.0. The summed E-state index contributed by atoms with van der Waals surface area (Å²) in [6.45, 7) is 0. The van der Waals surface area contributed by atoms with Crippen molar-refractivity contribution in [1.82, 2.24) is 4.57 Å². The van der Waals surface area contributed by atoms with E-state index < -0.39 is 0 Å². The molecule has 0 aliphatic rings. The number of fused-ring (bicyclic) bond motifs is 9. The van der Waals surface area contributed by atoms with E-state index in [0.717, 1.165) is 22.7 Å². The monoisotopic (exact) mass is 774 g/mol. The summed E-state index contributed by atoms with van der Waals surface area (Å²) in [7, 11) is 0. The number of rotatable bonds is 6. The number of anilines is 3. The summed E-state index contributed by atoms with van der Waals surface area (Å²) in [6, 6.07) is 75.7. The van der Waals surface area contributed by atoms with Gasteiger partial charge in [0.25, 0.3) is 0 Å². The van der Waals surface area contributed by atoms with Crippen molar-refractivity contribution in [3.63, 3.8) is 0 Å². The molecule has 0 fully saturated rings. The summed E-state index contributed by atoms with van der Waals surface area (Å²) in [4.78, 5) is 2.35. The third-order valence-corrected chi connectivity index (χ3v) is 14.0. The van der Waals surface area contributed by atoms with Crippen LogP contribution in [-0.2, 0) is 0 Å². The molecule has 0 amide bonds. The molecule has 2 nitrogen and oxygen atoms in total. The van der Waals surface area contributed by atoms with E-state index in [9.17, 15) is 0 Å². The van der Waals surface area contributed by atoms with Crippen molar-refractivity contribution < 1.29 is 0 Å². The lowest BCUT2D eigenvalue weighted by atomic mass is 9.96. The second-order valence-electron chi connectivity index (χ2n) is 14.9. The predicted molar refractivity (Wildman–Crippen MR) is 252 cm³/mol. The van der Waals surface area contributed by atoms with Gasteiger partial charge in [-0.15, -0.1) is 22.7 Å². The van der Waals surface area contributed by atoms with Crippen LogP contribution < -0.4 is 4.90 Å². The van der Waals surface area contributed by atoms with E-state index in [1.54, 1.807) is 0 Å². The Balaban J connectivity index is 1.16. The Morgan fingerprint density at radius 2 is 0.810 bits per heavy atom. The lowest BCUT2D eigenvalue weighted by molar-refractivity contribution is 1.18. The second kappa shape index (κ2) is 13.3. The number of para-hydroxylation sites is 3. The molecule has 0 saturated carbocycles. The maximum atomic E-state index is 2.49. The quantitative estimate of drug-likeness (QED) is 0.163. The van der Waals surface area contributed by atoms with Crippen LogP contribution in [0.5, 0.6) is 0 Å². The van der Waals surface area contributed by atoms with Crippen LogP contribution in [-0.4, -0.2) is 4.57 Å². The van der Waals surface area contributed by atoms with Gasteiger partial charge in [-0.25, -0.2) is 0 Å². The number of nitrogens with zero attached hydrogens (tertiary/aromatic N) is 2. The van der Waals surface area contributed by atoms with Gasteiger partial charge in [-0.2, -0.15) is 0 Å². The van der Waals surface area contributed by atoms with Gasteiger partial charge in [0, 0.05) is 73.9 Å². The minimum Gasteiger partial charge on any atom is -0.310 e. The van der Waals surface area contributed by atoms with Crippen molar-refractivity contribution >= 4 is 102 Å². The fraction of sp³-hybridized carbons (Fsp3) is 0. The minimum atomic E-state index is 1.11. The number of aromatic nitrogens is 1. The van der Waals surface area contributed by atoms with E-state index in [4.69, 9.17) is 0 Å². The van der Waals surface area contributed by atoms with Gasteiger partial charge < -0.3 is 9.47 Å². The Hall–Kier alpha value is -6.98. The Morgan fingerprint density at radius 1 is 0.328 bits per heavy atom. The smallest absolute Gasteiger partial charge is 0.0561 e. The molecule has 0 saturated heterocycles. The zero-order chi connectivity index (χ0) is 38.2. The Kier molecular flexibility index (Phi) is 7.62. The fourth-order valence-electron chi connectivity index (χ4n) is 8.98.